The summed E-state index contributed by atoms with van der Waals surface area (Å²) in [6, 6.07) is 7.26. The molecule has 5 nitrogen and oxygen atoms in total. The summed E-state index contributed by atoms with van der Waals surface area (Å²) in [7, 11) is 1.63. The number of carbonyl (C=O) groups excluding carboxylic acids is 1. The van der Waals surface area contributed by atoms with E-state index in [1.807, 2.05) is 24.3 Å². The first kappa shape index (κ1) is 15.4. The smallest absolute Gasteiger partial charge is 0.319 e. The number of hydrogen-bond acceptors (Lipinski definition) is 3. The van der Waals surface area contributed by atoms with Crippen LogP contribution in [0.15, 0.2) is 36.4 Å². The molecule has 1 aromatic carbocycles. The zero-order valence-electron chi connectivity index (χ0n) is 12.3. The molecule has 0 aliphatic heterocycles. The number of allylic oxidation sites excluding steroid dienone is 1. The minimum absolute atomic E-state index is 0.125. The summed E-state index contributed by atoms with van der Waals surface area (Å²) >= 11 is 0. The van der Waals surface area contributed by atoms with Crippen LogP contribution in [-0.4, -0.2) is 32.4 Å². The lowest BCUT2D eigenvalue weighted by Crippen LogP contribution is -2.37. The van der Waals surface area contributed by atoms with E-state index in [0.29, 0.717) is 24.7 Å². The molecule has 114 valence electrons. The lowest BCUT2D eigenvalue weighted by atomic mass is 10.0. The molecule has 2 N–H and O–H groups in total. The summed E-state index contributed by atoms with van der Waals surface area (Å²) in [6.07, 6.45) is 7.36. The van der Waals surface area contributed by atoms with E-state index in [2.05, 4.69) is 16.7 Å². The fourth-order valence-electron chi connectivity index (χ4n) is 2.17. The van der Waals surface area contributed by atoms with E-state index in [1.54, 1.807) is 13.2 Å². The molecule has 5 heteroatoms. The van der Waals surface area contributed by atoms with Crippen LogP contribution in [0.2, 0.25) is 0 Å². The van der Waals surface area contributed by atoms with Crippen molar-refractivity contribution < 1.29 is 14.3 Å². The summed E-state index contributed by atoms with van der Waals surface area (Å²) in [5.41, 5.74) is 0.710. The van der Waals surface area contributed by atoms with Gasteiger partial charge in [0.25, 0.3) is 0 Å². The third kappa shape index (κ3) is 5.47. The molecule has 0 aromatic heterocycles. The van der Waals surface area contributed by atoms with E-state index in [0.717, 1.165) is 19.3 Å². The first-order valence-electron chi connectivity index (χ1n) is 7.24. The molecule has 0 fully saturated rings. The van der Waals surface area contributed by atoms with E-state index in [9.17, 15) is 4.79 Å². The average molecular weight is 290 g/mol. The molecule has 0 saturated heterocycles. The minimum atomic E-state index is -0.194. The molecule has 0 bridgehead atoms. The molecular weight excluding hydrogens is 268 g/mol. The second-order valence-corrected chi connectivity index (χ2v) is 4.93. The largest absolute Gasteiger partial charge is 0.491 e. The molecule has 1 aliphatic rings. The van der Waals surface area contributed by atoms with Crippen molar-refractivity contribution in [1.82, 2.24) is 5.32 Å². The van der Waals surface area contributed by atoms with Gasteiger partial charge in [0.2, 0.25) is 0 Å². The van der Waals surface area contributed by atoms with Gasteiger partial charge in [0.05, 0.1) is 6.61 Å². The van der Waals surface area contributed by atoms with Gasteiger partial charge in [-0.05, 0) is 31.4 Å². The highest BCUT2D eigenvalue weighted by Crippen LogP contribution is 2.17. The van der Waals surface area contributed by atoms with Gasteiger partial charge in [-0.2, -0.15) is 0 Å². The van der Waals surface area contributed by atoms with E-state index in [4.69, 9.17) is 9.47 Å². The molecule has 2 amide bonds. The van der Waals surface area contributed by atoms with Gasteiger partial charge in [-0.1, -0.05) is 18.2 Å². The fraction of sp³-hybridized carbons (Fsp3) is 0.438. The van der Waals surface area contributed by atoms with Gasteiger partial charge in [-0.15, -0.1) is 0 Å². The van der Waals surface area contributed by atoms with Gasteiger partial charge < -0.3 is 20.1 Å². The number of methoxy groups -OCH3 is 1. The van der Waals surface area contributed by atoms with Crippen LogP contribution in [0.4, 0.5) is 10.5 Å². The first-order chi connectivity index (χ1) is 10.3. The monoisotopic (exact) mass is 290 g/mol. The lowest BCUT2D eigenvalue weighted by Gasteiger charge is -2.18. The molecule has 0 saturated carbocycles. The second kappa shape index (κ2) is 8.32. The SMILES string of the molecule is COCCOc1cccc(NC(=O)N[C@H]2C=CCCC2)c1. The maximum absolute atomic E-state index is 11.9. The van der Waals surface area contributed by atoms with Crippen LogP contribution >= 0.6 is 0 Å². The van der Waals surface area contributed by atoms with Crippen molar-refractivity contribution in [2.45, 2.75) is 25.3 Å². The fourth-order valence-corrected chi connectivity index (χ4v) is 2.17. The van der Waals surface area contributed by atoms with Gasteiger partial charge in [0, 0.05) is 24.9 Å². The number of carbonyl (C=O) groups is 1. The summed E-state index contributed by atoms with van der Waals surface area (Å²) in [5, 5.41) is 5.77. The number of urea groups is 1. The number of hydrogen-bond donors (Lipinski definition) is 2. The molecule has 21 heavy (non-hydrogen) atoms. The van der Waals surface area contributed by atoms with Crippen molar-refractivity contribution in [1.29, 1.82) is 0 Å². The van der Waals surface area contributed by atoms with Crippen molar-refractivity contribution in [2.75, 3.05) is 25.6 Å². The van der Waals surface area contributed by atoms with Gasteiger partial charge in [-0.3, -0.25) is 0 Å². The molecule has 0 unspecified atom stereocenters. The van der Waals surface area contributed by atoms with Crippen molar-refractivity contribution in [2.24, 2.45) is 0 Å². The maximum atomic E-state index is 11.9. The first-order valence-corrected chi connectivity index (χ1v) is 7.24. The topological polar surface area (TPSA) is 59.6 Å². The Balaban J connectivity index is 1.83. The van der Waals surface area contributed by atoms with Crippen LogP contribution in [0.3, 0.4) is 0 Å². The third-order valence-corrected chi connectivity index (χ3v) is 3.22. The maximum Gasteiger partial charge on any atom is 0.319 e. The van der Waals surface area contributed by atoms with E-state index in [-0.39, 0.29) is 12.1 Å². The number of benzene rings is 1. The highest BCUT2D eigenvalue weighted by Gasteiger charge is 2.11. The lowest BCUT2D eigenvalue weighted by molar-refractivity contribution is 0.146. The molecule has 0 heterocycles. The highest BCUT2D eigenvalue weighted by molar-refractivity contribution is 5.89. The molecule has 2 rings (SSSR count). The van der Waals surface area contributed by atoms with Gasteiger partial charge in [-0.25, -0.2) is 4.79 Å². The highest BCUT2D eigenvalue weighted by atomic mass is 16.5. The Hall–Kier alpha value is -2.01. The molecule has 1 aromatic rings. The summed E-state index contributed by atoms with van der Waals surface area (Å²) in [4.78, 5) is 11.9. The van der Waals surface area contributed by atoms with Crippen molar-refractivity contribution in [3.8, 4) is 5.75 Å². The van der Waals surface area contributed by atoms with Crippen LogP contribution in [0.1, 0.15) is 19.3 Å². The molecule has 0 spiro atoms. The number of ether oxygens (including phenoxy) is 2. The third-order valence-electron chi connectivity index (χ3n) is 3.22. The predicted molar refractivity (Wildman–Crippen MR) is 82.7 cm³/mol. The average Bonchev–Trinajstić information content (AvgIpc) is 2.49. The zero-order valence-corrected chi connectivity index (χ0v) is 12.3. The predicted octanol–water partition coefficient (Wildman–Crippen LogP) is 2.94. The standard InChI is InChI=1S/C16H22N2O3/c1-20-10-11-21-15-9-5-8-14(12-15)18-16(19)17-13-6-3-2-4-7-13/h3,5-6,8-9,12-13H,2,4,7,10-11H2,1H3,(H2,17,18,19)/t13-/m0/s1. The second-order valence-electron chi connectivity index (χ2n) is 4.93. The van der Waals surface area contributed by atoms with Gasteiger partial charge in [0.1, 0.15) is 12.4 Å². The Morgan fingerprint density at radius 2 is 2.29 bits per heavy atom. The number of anilines is 1. The van der Waals surface area contributed by atoms with E-state index in [1.165, 1.54) is 0 Å². The summed E-state index contributed by atoms with van der Waals surface area (Å²) < 4.78 is 10.4. The number of rotatable bonds is 6. The van der Waals surface area contributed by atoms with E-state index < -0.39 is 0 Å². The number of amides is 2. The quantitative estimate of drug-likeness (QED) is 0.625. The van der Waals surface area contributed by atoms with Gasteiger partial charge >= 0.3 is 6.03 Å². The van der Waals surface area contributed by atoms with Crippen LogP contribution in [-0.2, 0) is 4.74 Å². The Kier molecular flexibility index (Phi) is 6.09. The Morgan fingerprint density at radius 3 is 3.05 bits per heavy atom. The Labute approximate surface area is 125 Å². The Morgan fingerprint density at radius 1 is 1.38 bits per heavy atom. The summed E-state index contributed by atoms with van der Waals surface area (Å²) in [6.45, 7) is 1.02. The molecule has 0 radical (unpaired) electrons. The van der Waals surface area contributed by atoms with Crippen molar-refractivity contribution in [3.05, 3.63) is 36.4 Å². The van der Waals surface area contributed by atoms with Crippen LogP contribution in [0.25, 0.3) is 0 Å². The Bertz CT molecular complexity index is 488. The number of nitrogens with one attached hydrogen (secondary N) is 2. The van der Waals surface area contributed by atoms with Crippen LogP contribution in [0, 0.1) is 0 Å². The van der Waals surface area contributed by atoms with E-state index >= 15 is 0 Å². The van der Waals surface area contributed by atoms with Crippen LogP contribution < -0.4 is 15.4 Å². The van der Waals surface area contributed by atoms with Crippen molar-refractivity contribution >= 4 is 11.7 Å². The van der Waals surface area contributed by atoms with Crippen molar-refractivity contribution in [3.63, 3.8) is 0 Å². The van der Waals surface area contributed by atoms with Gasteiger partial charge in [0.15, 0.2) is 0 Å². The molecular formula is C16H22N2O3. The minimum Gasteiger partial charge on any atom is -0.491 e. The van der Waals surface area contributed by atoms with Crippen LogP contribution in [0.5, 0.6) is 5.75 Å². The normalized spacial score (nSPS) is 17.3. The molecule has 1 atom stereocenters. The summed E-state index contributed by atoms with van der Waals surface area (Å²) in [5.74, 6) is 0.711. The molecule has 1 aliphatic carbocycles. The zero-order chi connectivity index (χ0) is 14.9.